The lowest BCUT2D eigenvalue weighted by molar-refractivity contribution is 0.119. The van der Waals surface area contributed by atoms with Gasteiger partial charge in [0, 0.05) is 6.61 Å². The summed E-state index contributed by atoms with van der Waals surface area (Å²) in [4.78, 5) is 4.39. The van der Waals surface area contributed by atoms with Crippen molar-refractivity contribution < 1.29 is 4.74 Å². The topological polar surface area (TPSA) is 57.4 Å². The summed E-state index contributed by atoms with van der Waals surface area (Å²) < 4.78 is 5.36. The average Bonchev–Trinajstić information content (AvgIpc) is 2.51. The molecular weight excluding hydrogens is 186 g/mol. The second kappa shape index (κ2) is 5.10. The number of hydrogen-bond donors (Lipinski definition) is 1. The average molecular weight is 199 g/mol. The predicted molar refractivity (Wildman–Crippen MR) is 53.5 cm³/mol. The second-order valence-electron chi connectivity index (χ2n) is 2.81. The van der Waals surface area contributed by atoms with E-state index in [2.05, 4.69) is 10.3 Å². The molecule has 0 amide bonds. The molecule has 1 aliphatic heterocycles. The normalized spacial score (nSPS) is 28.5. The molecule has 0 aliphatic carbocycles. The lowest BCUT2D eigenvalue weighted by Crippen LogP contribution is -2.21. The number of amidine groups is 1. The predicted octanol–water partition coefficient (Wildman–Crippen LogP) is 0.953. The van der Waals surface area contributed by atoms with E-state index in [1.54, 1.807) is 0 Å². The smallest absolute Gasteiger partial charge is 0.183 e. The highest BCUT2D eigenvalue weighted by Gasteiger charge is 2.23. The Bertz CT molecular complexity index is 236. The highest BCUT2D eigenvalue weighted by atomic mass is 32.2. The van der Waals surface area contributed by atoms with Crippen LogP contribution in [0.5, 0.6) is 0 Å². The van der Waals surface area contributed by atoms with Crippen molar-refractivity contribution in [1.29, 1.82) is 5.26 Å². The van der Waals surface area contributed by atoms with E-state index in [1.807, 2.05) is 19.4 Å². The van der Waals surface area contributed by atoms with Crippen LogP contribution in [0.2, 0.25) is 0 Å². The quantitative estimate of drug-likeness (QED) is 0.296. The molecule has 0 bridgehead atoms. The summed E-state index contributed by atoms with van der Waals surface area (Å²) >= 11 is 1.44. The number of rotatable bonds is 1. The standard InChI is InChI=1S/C8H13N3OS/c1-6-7(3-4-12-6)11-8(13-2)10-5-9/h6-7H,3-4H2,1-2H3,(H,10,11). The zero-order chi connectivity index (χ0) is 9.68. The maximum Gasteiger partial charge on any atom is 0.183 e. The van der Waals surface area contributed by atoms with Gasteiger partial charge in [0.15, 0.2) is 11.4 Å². The van der Waals surface area contributed by atoms with E-state index in [0.29, 0.717) is 5.17 Å². The summed E-state index contributed by atoms with van der Waals surface area (Å²) in [6.45, 7) is 2.77. The molecule has 1 rings (SSSR count). The Hall–Kier alpha value is -0.730. The van der Waals surface area contributed by atoms with Gasteiger partial charge >= 0.3 is 0 Å². The molecule has 72 valence electrons. The minimum absolute atomic E-state index is 0.169. The number of aliphatic imine (C=N–C) groups is 1. The number of nitrogens with one attached hydrogen (secondary N) is 1. The van der Waals surface area contributed by atoms with Crippen molar-refractivity contribution in [1.82, 2.24) is 5.32 Å². The summed E-state index contributed by atoms with van der Waals surface area (Å²) in [6.07, 6.45) is 4.87. The number of hydrogen-bond acceptors (Lipinski definition) is 4. The third-order valence-corrected chi connectivity index (χ3v) is 2.57. The molecule has 4 nitrogen and oxygen atoms in total. The van der Waals surface area contributed by atoms with Gasteiger partial charge < -0.3 is 4.74 Å². The number of nitriles is 1. The first-order valence-electron chi connectivity index (χ1n) is 4.16. The summed E-state index contributed by atoms with van der Waals surface area (Å²) in [7, 11) is 0. The minimum atomic E-state index is 0.169. The van der Waals surface area contributed by atoms with Crippen LogP contribution in [0, 0.1) is 11.5 Å². The lowest BCUT2D eigenvalue weighted by atomic mass is 10.2. The number of nitrogens with zero attached hydrogens (tertiary/aromatic N) is 2. The first kappa shape index (κ1) is 10.4. The van der Waals surface area contributed by atoms with Gasteiger partial charge in [0.05, 0.1) is 12.1 Å². The molecule has 1 aliphatic rings. The van der Waals surface area contributed by atoms with Gasteiger partial charge in [-0.1, -0.05) is 11.8 Å². The molecule has 0 aromatic rings. The van der Waals surface area contributed by atoms with E-state index >= 15 is 0 Å². The fraction of sp³-hybridized carbons (Fsp3) is 0.750. The Kier molecular flexibility index (Phi) is 4.06. The molecular formula is C8H13N3OS. The zero-order valence-electron chi connectivity index (χ0n) is 7.78. The summed E-state index contributed by atoms with van der Waals surface area (Å²) in [5, 5.41) is 11.6. The van der Waals surface area contributed by atoms with Gasteiger partial charge in [-0.3, -0.25) is 10.3 Å². The first-order valence-corrected chi connectivity index (χ1v) is 5.39. The highest BCUT2D eigenvalue weighted by Crippen LogP contribution is 2.17. The van der Waals surface area contributed by atoms with Crippen LogP contribution in [-0.2, 0) is 4.74 Å². The molecule has 1 N–H and O–H groups in total. The monoisotopic (exact) mass is 199 g/mol. The Morgan fingerprint density at radius 2 is 2.54 bits per heavy atom. The van der Waals surface area contributed by atoms with Crippen molar-refractivity contribution in [3.8, 4) is 6.19 Å². The van der Waals surface area contributed by atoms with Crippen LogP contribution in [0.15, 0.2) is 4.99 Å². The lowest BCUT2D eigenvalue weighted by Gasteiger charge is -2.09. The van der Waals surface area contributed by atoms with E-state index in [1.165, 1.54) is 11.8 Å². The summed E-state index contributed by atoms with van der Waals surface area (Å²) in [5.74, 6) is 0. The van der Waals surface area contributed by atoms with Gasteiger partial charge in [-0.2, -0.15) is 5.26 Å². The van der Waals surface area contributed by atoms with Crippen LogP contribution in [0.25, 0.3) is 0 Å². The van der Waals surface area contributed by atoms with Crippen LogP contribution in [0.3, 0.4) is 0 Å². The molecule has 1 saturated heterocycles. The van der Waals surface area contributed by atoms with E-state index in [9.17, 15) is 0 Å². The van der Waals surface area contributed by atoms with Gasteiger partial charge in [0.2, 0.25) is 0 Å². The maximum absolute atomic E-state index is 8.42. The van der Waals surface area contributed by atoms with Crippen molar-refractivity contribution in [2.75, 3.05) is 12.9 Å². The molecule has 1 fully saturated rings. The molecule has 2 atom stereocenters. The SMILES string of the molecule is CSC(=NC1CCOC1C)NC#N. The maximum atomic E-state index is 8.42. The van der Waals surface area contributed by atoms with Crippen molar-refractivity contribution in [2.24, 2.45) is 4.99 Å². The van der Waals surface area contributed by atoms with Gasteiger partial charge in [-0.05, 0) is 19.6 Å². The molecule has 0 saturated carbocycles. The number of ether oxygens (including phenoxy) is 1. The van der Waals surface area contributed by atoms with Crippen LogP contribution < -0.4 is 5.32 Å². The van der Waals surface area contributed by atoms with E-state index < -0.39 is 0 Å². The molecule has 0 aromatic carbocycles. The second-order valence-corrected chi connectivity index (χ2v) is 3.60. The minimum Gasteiger partial charge on any atom is -0.376 e. The van der Waals surface area contributed by atoms with Crippen molar-refractivity contribution in [3.63, 3.8) is 0 Å². The Morgan fingerprint density at radius 3 is 3.00 bits per heavy atom. The largest absolute Gasteiger partial charge is 0.376 e. The van der Waals surface area contributed by atoms with Crippen LogP contribution in [0.1, 0.15) is 13.3 Å². The summed E-state index contributed by atoms with van der Waals surface area (Å²) in [6, 6.07) is 0.198. The molecule has 5 heteroatoms. The fourth-order valence-corrected chi connectivity index (χ4v) is 1.61. The Balaban J connectivity index is 2.56. The van der Waals surface area contributed by atoms with E-state index in [-0.39, 0.29) is 12.1 Å². The molecule has 0 aromatic heterocycles. The molecule has 2 unspecified atom stereocenters. The Labute approximate surface area is 82.4 Å². The van der Waals surface area contributed by atoms with Crippen LogP contribution >= 0.6 is 11.8 Å². The van der Waals surface area contributed by atoms with E-state index in [4.69, 9.17) is 10.00 Å². The van der Waals surface area contributed by atoms with E-state index in [0.717, 1.165) is 13.0 Å². The van der Waals surface area contributed by atoms with Gasteiger partial charge in [-0.25, -0.2) is 0 Å². The highest BCUT2D eigenvalue weighted by molar-refractivity contribution is 8.13. The van der Waals surface area contributed by atoms with Crippen LogP contribution in [0.4, 0.5) is 0 Å². The van der Waals surface area contributed by atoms with Crippen molar-refractivity contribution in [3.05, 3.63) is 0 Å². The molecule has 13 heavy (non-hydrogen) atoms. The number of thioether (sulfide) groups is 1. The van der Waals surface area contributed by atoms with Gasteiger partial charge in [0.1, 0.15) is 0 Å². The fourth-order valence-electron chi connectivity index (χ4n) is 1.22. The zero-order valence-corrected chi connectivity index (χ0v) is 8.60. The van der Waals surface area contributed by atoms with Crippen LogP contribution in [-0.4, -0.2) is 30.2 Å². The molecule has 1 heterocycles. The third-order valence-electron chi connectivity index (χ3n) is 1.98. The Morgan fingerprint density at radius 1 is 1.77 bits per heavy atom. The molecule has 0 spiro atoms. The van der Waals surface area contributed by atoms with Crippen molar-refractivity contribution >= 4 is 16.9 Å². The van der Waals surface area contributed by atoms with Crippen molar-refractivity contribution in [2.45, 2.75) is 25.5 Å². The van der Waals surface area contributed by atoms with Gasteiger partial charge in [-0.15, -0.1) is 0 Å². The van der Waals surface area contributed by atoms with Gasteiger partial charge in [0.25, 0.3) is 0 Å². The summed E-state index contributed by atoms with van der Waals surface area (Å²) in [5.41, 5.74) is 0. The first-order chi connectivity index (χ1) is 6.27. The third kappa shape index (κ3) is 2.90. The molecule has 0 radical (unpaired) electrons.